The predicted molar refractivity (Wildman–Crippen MR) is 136 cm³/mol. The van der Waals surface area contributed by atoms with Crippen LogP contribution < -0.4 is 9.19 Å². The van der Waals surface area contributed by atoms with E-state index in [-0.39, 0.29) is 5.41 Å². The van der Waals surface area contributed by atoms with Gasteiger partial charge in [-0.2, -0.15) is 4.47 Å². The van der Waals surface area contributed by atoms with E-state index in [0.717, 1.165) is 46.5 Å². The third-order valence-electron chi connectivity index (χ3n) is 4.95. The number of carbonyl (C=O) groups excluding carboxylic acids is 1. The molecule has 3 rings (SSSR count). The molecule has 33 heavy (non-hydrogen) atoms. The number of thiophene rings is 1. The Morgan fingerprint density at radius 3 is 2.61 bits per heavy atom. The second-order valence-corrected chi connectivity index (χ2v) is 11.2. The molecular weight excluding hydrogens is 456 g/mol. The van der Waals surface area contributed by atoms with Gasteiger partial charge in [-0.15, -0.1) is 11.3 Å². The van der Waals surface area contributed by atoms with Crippen LogP contribution >= 0.6 is 23.5 Å². The Hall–Kier alpha value is -2.49. The third kappa shape index (κ3) is 6.52. The summed E-state index contributed by atoms with van der Waals surface area (Å²) in [6, 6.07) is 10.5. The topological polar surface area (TPSA) is 79.6 Å². The molecule has 178 valence electrons. The monoisotopic (exact) mass is 488 g/mol. The average Bonchev–Trinajstić information content (AvgIpc) is 3.39. The van der Waals surface area contributed by atoms with Gasteiger partial charge in [0.1, 0.15) is 23.0 Å². The summed E-state index contributed by atoms with van der Waals surface area (Å²) in [5.74, 6) is 1.54. The number of hydrogen-bond donors (Lipinski definition) is 2. The van der Waals surface area contributed by atoms with Gasteiger partial charge in [0, 0.05) is 34.8 Å². The maximum absolute atomic E-state index is 11.4. The van der Waals surface area contributed by atoms with Gasteiger partial charge >= 0.3 is 6.09 Å². The van der Waals surface area contributed by atoms with Gasteiger partial charge in [0.05, 0.1) is 7.11 Å². The first kappa shape index (κ1) is 25.1. The van der Waals surface area contributed by atoms with E-state index >= 15 is 0 Å². The molecule has 0 aliphatic rings. The summed E-state index contributed by atoms with van der Waals surface area (Å²) < 4.78 is 10.2. The fourth-order valence-corrected chi connectivity index (χ4v) is 5.37. The van der Waals surface area contributed by atoms with E-state index in [1.54, 1.807) is 0 Å². The fraction of sp³-hybridized carbons (Fsp3) is 0.417. The van der Waals surface area contributed by atoms with Crippen molar-refractivity contribution < 1.29 is 14.7 Å². The number of carbonyl (C=O) groups is 1. The minimum atomic E-state index is -0.627. The summed E-state index contributed by atoms with van der Waals surface area (Å²) in [6.07, 6.45) is 4.14. The summed E-state index contributed by atoms with van der Waals surface area (Å²) >= 11 is 2.29. The van der Waals surface area contributed by atoms with Crippen LogP contribution in [0.15, 0.2) is 42.7 Å². The molecule has 0 spiro atoms. The quantitative estimate of drug-likeness (QED) is 0.287. The normalized spacial score (nSPS) is 11.6. The maximum Gasteiger partial charge on any atom is 0.418 e. The first-order valence-corrected chi connectivity index (χ1v) is 12.4. The summed E-state index contributed by atoms with van der Waals surface area (Å²) in [7, 11) is 1.28. The van der Waals surface area contributed by atoms with E-state index < -0.39 is 6.09 Å². The predicted octanol–water partition coefficient (Wildman–Crippen LogP) is 6.27. The van der Waals surface area contributed by atoms with E-state index in [1.165, 1.54) is 28.9 Å². The first-order chi connectivity index (χ1) is 15.6. The van der Waals surface area contributed by atoms with Crippen molar-refractivity contribution >= 4 is 34.6 Å². The summed E-state index contributed by atoms with van der Waals surface area (Å²) in [6.45, 7) is 11.6. The summed E-state index contributed by atoms with van der Waals surface area (Å²) in [5, 5.41) is 11.3. The zero-order valence-corrected chi connectivity index (χ0v) is 21.6. The summed E-state index contributed by atoms with van der Waals surface area (Å²) in [5.41, 5.74) is 3.06. The molecule has 1 aromatic carbocycles. The Morgan fingerprint density at radius 2 is 2.00 bits per heavy atom. The van der Waals surface area contributed by atoms with Crippen LogP contribution in [0.1, 0.15) is 50.9 Å². The molecule has 0 aliphatic carbocycles. The Kier molecular flexibility index (Phi) is 8.10. The number of nitrogens with zero attached hydrogens (tertiary/aromatic N) is 3. The number of methoxy groups -OCH3 is 1. The van der Waals surface area contributed by atoms with Gasteiger partial charge in [-0.25, -0.2) is 14.5 Å². The minimum Gasteiger partial charge on any atom is -0.452 e. The van der Waals surface area contributed by atoms with Crippen molar-refractivity contribution in [3.63, 3.8) is 0 Å². The van der Waals surface area contributed by atoms with Gasteiger partial charge in [0.2, 0.25) is 0 Å². The highest BCUT2D eigenvalue weighted by molar-refractivity contribution is 7.99. The third-order valence-corrected chi connectivity index (χ3v) is 6.81. The largest absolute Gasteiger partial charge is 0.452 e. The van der Waals surface area contributed by atoms with Gasteiger partial charge in [-0.05, 0) is 29.5 Å². The number of hydrogen-bond acceptors (Lipinski definition) is 7. The number of amides is 1. The number of anilines is 1. The molecular formula is C24H32N4O3S2. The van der Waals surface area contributed by atoms with E-state index in [2.05, 4.69) is 84.0 Å². The van der Waals surface area contributed by atoms with Crippen LogP contribution in [0.25, 0.3) is 11.1 Å². The number of imidazole rings is 1. The molecule has 7 nitrogen and oxygen atoms in total. The maximum atomic E-state index is 11.4. The van der Waals surface area contributed by atoms with Crippen LogP contribution in [0.5, 0.6) is 0 Å². The second-order valence-electron chi connectivity index (χ2n) is 9.31. The highest BCUT2D eigenvalue weighted by Gasteiger charge is 2.21. The van der Waals surface area contributed by atoms with Crippen molar-refractivity contribution in [3.05, 3.63) is 59.0 Å². The van der Waals surface area contributed by atoms with Crippen molar-refractivity contribution in [1.82, 2.24) is 14.3 Å². The zero-order chi connectivity index (χ0) is 24.2. The van der Waals surface area contributed by atoms with Crippen LogP contribution in [0.3, 0.4) is 0 Å². The van der Waals surface area contributed by atoms with Crippen molar-refractivity contribution in [1.29, 1.82) is 0 Å². The molecule has 9 heteroatoms. The van der Waals surface area contributed by atoms with Crippen molar-refractivity contribution in [2.24, 2.45) is 5.92 Å². The van der Waals surface area contributed by atoms with Gasteiger partial charge in [0.15, 0.2) is 0 Å². The lowest BCUT2D eigenvalue weighted by Gasteiger charge is -2.20. The number of nitrogens with one attached hydrogen (secondary N) is 1. The number of rotatable bonds is 8. The molecule has 0 saturated heterocycles. The fourth-order valence-electron chi connectivity index (χ4n) is 3.51. The molecule has 1 amide bonds. The number of aromatic nitrogens is 2. The lowest BCUT2D eigenvalue weighted by molar-refractivity contribution is 0.178. The molecule has 2 N–H and O–H groups in total. The van der Waals surface area contributed by atoms with Crippen LogP contribution in [0.4, 0.5) is 9.80 Å². The van der Waals surface area contributed by atoms with E-state index in [0.29, 0.717) is 10.9 Å². The van der Waals surface area contributed by atoms with E-state index in [1.807, 2.05) is 12.4 Å². The smallest absolute Gasteiger partial charge is 0.418 e. The van der Waals surface area contributed by atoms with E-state index in [4.69, 9.17) is 0 Å². The summed E-state index contributed by atoms with van der Waals surface area (Å²) in [4.78, 5) is 17.1. The van der Waals surface area contributed by atoms with Crippen molar-refractivity contribution in [3.8, 4) is 11.1 Å². The second kappa shape index (κ2) is 10.6. The van der Waals surface area contributed by atoms with Crippen molar-refractivity contribution in [2.45, 2.75) is 53.0 Å². The Labute approximate surface area is 204 Å². The van der Waals surface area contributed by atoms with Crippen LogP contribution in [-0.2, 0) is 23.1 Å². The van der Waals surface area contributed by atoms with Gasteiger partial charge in [-0.3, -0.25) is 5.21 Å². The van der Waals surface area contributed by atoms with Crippen LogP contribution in [0, 0.1) is 5.92 Å². The molecule has 0 radical (unpaired) electrons. The molecule has 0 fully saturated rings. The van der Waals surface area contributed by atoms with Crippen LogP contribution in [-0.4, -0.2) is 28.0 Å². The molecule has 3 aromatic rings. The van der Waals surface area contributed by atoms with Gasteiger partial charge in [0.25, 0.3) is 0 Å². The lowest BCUT2D eigenvalue weighted by atomic mass is 9.95. The van der Waals surface area contributed by atoms with Gasteiger partial charge in [-0.1, -0.05) is 58.9 Å². The molecule has 2 heterocycles. The molecule has 2 aromatic heterocycles. The number of ether oxygens (including phenoxy) is 1. The Bertz CT molecular complexity index is 1070. The Balaban J connectivity index is 1.85. The molecule has 0 saturated carbocycles. The highest BCUT2D eigenvalue weighted by atomic mass is 32.2. The van der Waals surface area contributed by atoms with Crippen molar-refractivity contribution in [2.75, 3.05) is 11.6 Å². The van der Waals surface area contributed by atoms with Gasteiger partial charge < -0.3 is 9.30 Å². The van der Waals surface area contributed by atoms with Crippen LogP contribution in [0.2, 0.25) is 0 Å². The lowest BCUT2D eigenvalue weighted by Crippen LogP contribution is -2.22. The van der Waals surface area contributed by atoms with E-state index in [9.17, 15) is 10.0 Å². The number of benzene rings is 1. The SMILES string of the molecule is COC(=O)NSN(O)c1sc(CC(C)C)cc1-c1ccc(Cn2ccnc2C(C)(C)C)cc1. The minimum absolute atomic E-state index is 0.0255. The standard InChI is InChI=1S/C24H32N4O3S2/c1-16(2)13-19-14-20(21(32-19)28(30)33-26-23(29)31-6)18-9-7-17(8-10-18)15-27-12-11-25-22(27)24(3,4)5/h7-12,14,16,30H,13,15H2,1-6H3,(H,26,29). The average molecular weight is 489 g/mol. The molecule has 0 bridgehead atoms. The molecule has 0 atom stereocenters. The zero-order valence-electron chi connectivity index (χ0n) is 20.0. The molecule has 0 aliphatic heterocycles. The highest BCUT2D eigenvalue weighted by Crippen LogP contribution is 2.41. The first-order valence-electron chi connectivity index (χ1n) is 10.8. The molecule has 0 unspecified atom stereocenters. The Morgan fingerprint density at radius 1 is 1.30 bits per heavy atom.